The number of halogens is 7. The van der Waals surface area contributed by atoms with E-state index in [0.717, 1.165) is 39.7 Å². The number of aliphatic hydroxyl groups is 3. The van der Waals surface area contributed by atoms with Gasteiger partial charge >= 0.3 is 6.18 Å². The summed E-state index contributed by atoms with van der Waals surface area (Å²) in [7, 11) is 0. The summed E-state index contributed by atoms with van der Waals surface area (Å²) in [6.45, 7) is 2.08. The molecule has 0 spiro atoms. The molecule has 1 fully saturated rings. The molecule has 0 bridgehead atoms. The number of aryl methyl sites for hydroxylation is 2. The molecule has 0 aliphatic carbocycles. The van der Waals surface area contributed by atoms with Crippen LogP contribution in [0.25, 0.3) is 16.8 Å². The molecule has 16 heteroatoms. The van der Waals surface area contributed by atoms with Crippen LogP contribution in [0.4, 0.5) is 26.3 Å². The summed E-state index contributed by atoms with van der Waals surface area (Å²) in [6, 6.07) is 2.91. The van der Waals surface area contributed by atoms with E-state index < -0.39 is 71.9 Å². The topological polar surface area (TPSA) is 118 Å². The van der Waals surface area contributed by atoms with E-state index in [1.807, 2.05) is 0 Å². The summed E-state index contributed by atoms with van der Waals surface area (Å²) in [5.74, 6) is -4.85. The fourth-order valence-corrected chi connectivity index (χ4v) is 5.14. The second-order valence-corrected chi connectivity index (χ2v) is 10.1. The zero-order chi connectivity index (χ0) is 30.7. The molecule has 42 heavy (non-hydrogen) atoms. The quantitative estimate of drug-likeness (QED) is 0.227. The van der Waals surface area contributed by atoms with Gasteiger partial charge < -0.3 is 20.1 Å². The summed E-state index contributed by atoms with van der Waals surface area (Å²) >= 11 is 6.00. The minimum Gasteiger partial charge on any atom is -0.394 e. The normalized spacial score (nSPS) is 23.0. The van der Waals surface area contributed by atoms with Crippen molar-refractivity contribution in [1.82, 2.24) is 24.5 Å². The summed E-state index contributed by atoms with van der Waals surface area (Å²) in [5.41, 5.74) is -1.40. The van der Waals surface area contributed by atoms with Crippen LogP contribution in [0.5, 0.6) is 0 Å². The van der Waals surface area contributed by atoms with Gasteiger partial charge in [0.25, 0.3) is 0 Å². The number of nitrogens with zero attached hydrogens (tertiary/aromatic N) is 5. The second-order valence-electron chi connectivity index (χ2n) is 9.70. The van der Waals surface area contributed by atoms with Crippen LogP contribution in [0.1, 0.15) is 35.1 Å². The average molecular weight is 618 g/mol. The fraction of sp³-hybridized carbons (Fsp3) is 0.346. The molecule has 0 saturated carbocycles. The number of aromatic nitrogens is 5. The van der Waals surface area contributed by atoms with Crippen molar-refractivity contribution in [3.8, 4) is 16.8 Å². The van der Waals surface area contributed by atoms with E-state index in [0.29, 0.717) is 0 Å². The molecule has 9 nitrogen and oxygen atoms in total. The van der Waals surface area contributed by atoms with Gasteiger partial charge in [0.2, 0.25) is 0 Å². The molecule has 3 heterocycles. The summed E-state index contributed by atoms with van der Waals surface area (Å²) in [5, 5.41) is 40.7. The predicted molar refractivity (Wildman–Crippen MR) is 134 cm³/mol. The monoisotopic (exact) mass is 617 g/mol. The maximum Gasteiger partial charge on any atom is 0.418 e. The van der Waals surface area contributed by atoms with E-state index in [2.05, 4.69) is 15.2 Å². The lowest BCUT2D eigenvalue weighted by molar-refractivity contribution is -0.210. The molecule has 224 valence electrons. The van der Waals surface area contributed by atoms with Gasteiger partial charge in [0.15, 0.2) is 23.3 Å². The van der Waals surface area contributed by atoms with Crippen molar-refractivity contribution in [2.75, 3.05) is 6.61 Å². The highest BCUT2D eigenvalue weighted by Gasteiger charge is 2.49. The van der Waals surface area contributed by atoms with Crippen LogP contribution in [0.15, 0.2) is 36.5 Å². The predicted octanol–water partition coefficient (Wildman–Crippen LogP) is 4.23. The molecule has 0 amide bonds. The van der Waals surface area contributed by atoms with Crippen LogP contribution in [0.2, 0.25) is 5.02 Å². The number of alkyl halides is 3. The van der Waals surface area contributed by atoms with Gasteiger partial charge in [-0.1, -0.05) is 11.6 Å². The smallest absolute Gasteiger partial charge is 0.394 e. The van der Waals surface area contributed by atoms with Crippen LogP contribution in [0.3, 0.4) is 0 Å². The van der Waals surface area contributed by atoms with Crippen LogP contribution < -0.4 is 0 Å². The Balaban J connectivity index is 1.61. The zero-order valence-electron chi connectivity index (χ0n) is 21.7. The summed E-state index contributed by atoms with van der Waals surface area (Å²) in [6.07, 6.45) is -9.91. The van der Waals surface area contributed by atoms with Gasteiger partial charge in [0.1, 0.15) is 36.3 Å². The third-order valence-electron chi connectivity index (χ3n) is 6.90. The van der Waals surface area contributed by atoms with Crippen molar-refractivity contribution in [1.29, 1.82) is 0 Å². The SMILES string of the molecule is Cc1nc([C@@H]2O[C@H](CO)[C@H](O)[C@H](n3cc(-c4cc(F)c(F)c(F)c4)c(C)n3)[C@H]2O)n(-c2cc(Cl)ccc2C(F)(F)F)n1. The molecule has 4 aromatic rings. The summed E-state index contributed by atoms with van der Waals surface area (Å²) in [4.78, 5) is 4.18. The lowest BCUT2D eigenvalue weighted by Crippen LogP contribution is -2.53. The van der Waals surface area contributed by atoms with Gasteiger partial charge in [-0.2, -0.15) is 23.4 Å². The number of rotatable bonds is 5. The standard InChI is InChI=1S/C26H22ClF6N5O4/c1-10-14(12-5-16(28)20(30)17(29)6-12)8-37(35-10)21-22(40)19(9-39)42-24(23(21)41)25-34-11(2)36-38(25)18-7-13(27)3-4-15(18)26(31,32)33/h3-8,19,21-24,39-41H,9H2,1-2H3/t19-,21+,22+,23-,24-/m1/s1. The van der Waals surface area contributed by atoms with Gasteiger partial charge in [-0.25, -0.2) is 22.8 Å². The van der Waals surface area contributed by atoms with Crippen LogP contribution in [-0.2, 0) is 10.9 Å². The fourth-order valence-electron chi connectivity index (χ4n) is 4.97. The Kier molecular flexibility index (Phi) is 7.83. The Bertz CT molecular complexity index is 1620. The number of benzene rings is 2. The number of hydrogen-bond acceptors (Lipinski definition) is 7. The second kappa shape index (κ2) is 11.0. The maximum atomic E-state index is 13.9. The maximum absolute atomic E-state index is 13.9. The van der Waals surface area contributed by atoms with Crippen molar-refractivity contribution >= 4 is 11.6 Å². The van der Waals surface area contributed by atoms with E-state index in [4.69, 9.17) is 16.3 Å². The van der Waals surface area contributed by atoms with Crippen LogP contribution in [-0.4, -0.2) is 64.8 Å². The first kappa shape index (κ1) is 30.0. The van der Waals surface area contributed by atoms with Crippen LogP contribution in [0, 0.1) is 31.3 Å². The van der Waals surface area contributed by atoms with Gasteiger partial charge in [-0.3, -0.25) is 4.68 Å². The van der Waals surface area contributed by atoms with E-state index in [9.17, 15) is 41.7 Å². The molecule has 1 aliphatic rings. The highest BCUT2D eigenvalue weighted by molar-refractivity contribution is 6.30. The molecule has 0 unspecified atom stereocenters. The van der Waals surface area contributed by atoms with Crippen molar-refractivity contribution in [2.45, 2.75) is 50.5 Å². The Labute approximate surface area is 238 Å². The molecule has 1 saturated heterocycles. The van der Waals surface area contributed by atoms with Crippen molar-refractivity contribution < 1.29 is 46.4 Å². The Morgan fingerprint density at radius 1 is 1.00 bits per heavy atom. The molecule has 1 aliphatic heterocycles. The number of ether oxygens (including phenoxy) is 1. The van der Waals surface area contributed by atoms with E-state index in [1.165, 1.54) is 20.0 Å². The molecule has 5 rings (SSSR count). The lowest BCUT2D eigenvalue weighted by atomic mass is 9.92. The first-order valence-electron chi connectivity index (χ1n) is 12.3. The summed E-state index contributed by atoms with van der Waals surface area (Å²) < 4.78 is 90.7. The van der Waals surface area contributed by atoms with Gasteiger partial charge in [-0.05, 0) is 49.7 Å². The van der Waals surface area contributed by atoms with Gasteiger partial charge in [-0.15, -0.1) is 0 Å². The Hall–Kier alpha value is -3.50. The first-order valence-corrected chi connectivity index (χ1v) is 12.7. The molecular formula is C26H22ClF6N5O4. The van der Waals surface area contributed by atoms with Crippen molar-refractivity contribution in [3.05, 3.63) is 81.9 Å². The third kappa shape index (κ3) is 5.26. The molecule has 5 atom stereocenters. The largest absolute Gasteiger partial charge is 0.418 e. The average Bonchev–Trinajstić information content (AvgIpc) is 3.48. The highest BCUT2D eigenvalue weighted by Crippen LogP contribution is 2.41. The first-order chi connectivity index (χ1) is 19.7. The minimum absolute atomic E-state index is 0.00898. The molecule has 0 radical (unpaired) electrons. The van der Waals surface area contributed by atoms with Gasteiger partial charge in [0, 0.05) is 16.8 Å². The molecular weight excluding hydrogens is 596 g/mol. The molecule has 2 aromatic heterocycles. The van der Waals surface area contributed by atoms with Crippen molar-refractivity contribution in [2.24, 2.45) is 0 Å². The Morgan fingerprint density at radius 2 is 1.67 bits per heavy atom. The Morgan fingerprint density at radius 3 is 2.29 bits per heavy atom. The lowest BCUT2D eigenvalue weighted by Gasteiger charge is -2.42. The van der Waals surface area contributed by atoms with E-state index >= 15 is 0 Å². The van der Waals surface area contributed by atoms with E-state index in [1.54, 1.807) is 0 Å². The minimum atomic E-state index is -4.82. The molecule has 3 N–H and O–H groups in total. The third-order valence-corrected chi connectivity index (χ3v) is 7.13. The zero-order valence-corrected chi connectivity index (χ0v) is 22.4. The van der Waals surface area contributed by atoms with Crippen LogP contribution >= 0.6 is 11.6 Å². The highest BCUT2D eigenvalue weighted by atomic mass is 35.5. The van der Waals surface area contributed by atoms with E-state index in [-0.39, 0.29) is 33.5 Å². The number of aliphatic hydroxyl groups excluding tert-OH is 3. The molecule has 2 aromatic carbocycles. The number of hydrogen-bond donors (Lipinski definition) is 3. The van der Waals surface area contributed by atoms with Crippen molar-refractivity contribution in [3.63, 3.8) is 0 Å². The van der Waals surface area contributed by atoms with Gasteiger partial charge in [0.05, 0.1) is 23.6 Å².